The predicted octanol–water partition coefficient (Wildman–Crippen LogP) is 2.34. The zero-order valence-corrected chi connectivity index (χ0v) is 13.5. The Morgan fingerprint density at radius 2 is 2.15 bits per heavy atom. The van der Waals surface area contributed by atoms with Gasteiger partial charge in [-0.1, -0.05) is 18.8 Å². The van der Waals surface area contributed by atoms with Crippen LogP contribution in [0.5, 0.6) is 0 Å². The Labute approximate surface area is 125 Å². The Kier molecular flexibility index (Phi) is 4.55. The van der Waals surface area contributed by atoms with Crippen LogP contribution < -0.4 is 0 Å². The maximum absolute atomic E-state index is 9.60. The first kappa shape index (κ1) is 15.5. The SMILES string of the molecule is CN(Cc1ccc(C#CC(C)(C)O)s1)CC1(C)COC1. The van der Waals surface area contributed by atoms with Crippen LogP contribution in [0.15, 0.2) is 12.1 Å². The number of nitrogens with zero attached hydrogens (tertiary/aromatic N) is 1. The molecule has 1 aromatic heterocycles. The third kappa shape index (κ3) is 4.60. The van der Waals surface area contributed by atoms with Crippen molar-refractivity contribution in [3.8, 4) is 11.8 Å². The van der Waals surface area contributed by atoms with E-state index in [9.17, 15) is 5.11 Å². The summed E-state index contributed by atoms with van der Waals surface area (Å²) in [5.41, 5.74) is -0.616. The fraction of sp³-hybridized carbons (Fsp3) is 0.625. The maximum Gasteiger partial charge on any atom is 0.120 e. The van der Waals surface area contributed by atoms with Crippen molar-refractivity contribution in [3.05, 3.63) is 21.9 Å². The number of hydrogen-bond donors (Lipinski definition) is 1. The second-order valence-corrected chi connectivity index (χ2v) is 7.72. The molecule has 0 aliphatic carbocycles. The highest BCUT2D eigenvalue weighted by Crippen LogP contribution is 2.28. The summed E-state index contributed by atoms with van der Waals surface area (Å²) in [5, 5.41) is 9.60. The van der Waals surface area contributed by atoms with E-state index in [0.29, 0.717) is 5.41 Å². The number of rotatable bonds is 4. The van der Waals surface area contributed by atoms with E-state index in [1.807, 2.05) is 6.07 Å². The summed E-state index contributed by atoms with van der Waals surface area (Å²) in [6.45, 7) is 9.38. The van der Waals surface area contributed by atoms with Gasteiger partial charge in [-0.05, 0) is 33.0 Å². The van der Waals surface area contributed by atoms with Crippen LogP contribution >= 0.6 is 11.3 Å². The van der Waals surface area contributed by atoms with E-state index in [-0.39, 0.29) is 0 Å². The molecule has 110 valence electrons. The molecule has 0 spiro atoms. The average Bonchev–Trinajstić information content (AvgIpc) is 2.71. The van der Waals surface area contributed by atoms with Crippen LogP contribution in [0.4, 0.5) is 0 Å². The summed E-state index contributed by atoms with van der Waals surface area (Å²) in [7, 11) is 2.14. The molecule has 2 rings (SSSR count). The first-order chi connectivity index (χ1) is 9.26. The lowest BCUT2D eigenvalue weighted by atomic mass is 9.88. The van der Waals surface area contributed by atoms with Crippen molar-refractivity contribution in [1.82, 2.24) is 4.90 Å². The molecule has 0 aromatic carbocycles. The molecule has 1 fully saturated rings. The van der Waals surface area contributed by atoms with Gasteiger partial charge in [0.1, 0.15) is 5.60 Å². The van der Waals surface area contributed by atoms with Crippen LogP contribution in [0.1, 0.15) is 30.5 Å². The highest BCUT2D eigenvalue weighted by molar-refractivity contribution is 7.12. The van der Waals surface area contributed by atoms with E-state index >= 15 is 0 Å². The van der Waals surface area contributed by atoms with Crippen molar-refractivity contribution in [3.63, 3.8) is 0 Å². The second kappa shape index (κ2) is 5.87. The molecule has 0 bridgehead atoms. The van der Waals surface area contributed by atoms with Gasteiger partial charge >= 0.3 is 0 Å². The van der Waals surface area contributed by atoms with Gasteiger partial charge in [-0.25, -0.2) is 0 Å². The van der Waals surface area contributed by atoms with Crippen LogP contribution in [0, 0.1) is 17.3 Å². The van der Waals surface area contributed by atoms with Crippen LogP contribution in [0.2, 0.25) is 0 Å². The third-order valence-corrected chi connectivity index (χ3v) is 4.12. The van der Waals surface area contributed by atoms with Gasteiger partial charge in [0, 0.05) is 23.4 Å². The zero-order chi connectivity index (χ0) is 14.8. The molecular weight excluding hydrogens is 270 g/mol. The minimum absolute atomic E-state index is 0.315. The van der Waals surface area contributed by atoms with E-state index in [1.165, 1.54) is 4.88 Å². The van der Waals surface area contributed by atoms with E-state index in [1.54, 1.807) is 25.2 Å². The lowest BCUT2D eigenvalue weighted by Crippen LogP contribution is -2.47. The first-order valence-electron chi connectivity index (χ1n) is 6.86. The Bertz CT molecular complexity index is 515. The van der Waals surface area contributed by atoms with Crippen LogP contribution in [0.3, 0.4) is 0 Å². The summed E-state index contributed by atoms with van der Waals surface area (Å²) in [6, 6.07) is 4.15. The fourth-order valence-corrected chi connectivity index (χ4v) is 3.20. The zero-order valence-electron chi connectivity index (χ0n) is 12.7. The predicted molar refractivity (Wildman–Crippen MR) is 82.8 cm³/mol. The van der Waals surface area contributed by atoms with Crippen molar-refractivity contribution in [2.45, 2.75) is 32.9 Å². The molecule has 1 N–H and O–H groups in total. The molecule has 1 saturated heterocycles. The summed E-state index contributed by atoms with van der Waals surface area (Å²) in [5.74, 6) is 5.88. The Hall–Kier alpha value is -0.860. The standard InChI is InChI=1S/C16H23NO2S/c1-15(2,18)8-7-13-5-6-14(20-13)9-17(4)10-16(3)11-19-12-16/h5-6,18H,9-12H2,1-4H3. The minimum atomic E-state index is -0.931. The number of ether oxygens (including phenoxy) is 1. The van der Waals surface area contributed by atoms with Gasteiger partial charge in [0.25, 0.3) is 0 Å². The molecule has 1 aliphatic rings. The highest BCUT2D eigenvalue weighted by Gasteiger charge is 2.34. The Balaban J connectivity index is 1.90. The fourth-order valence-electron chi connectivity index (χ4n) is 2.26. The van der Waals surface area contributed by atoms with Gasteiger partial charge in [0.2, 0.25) is 0 Å². The van der Waals surface area contributed by atoms with E-state index in [0.717, 1.165) is 31.2 Å². The Morgan fingerprint density at radius 1 is 1.45 bits per heavy atom. The molecule has 0 radical (unpaired) electrons. The van der Waals surface area contributed by atoms with Crippen LogP contribution in [0.25, 0.3) is 0 Å². The molecule has 3 nitrogen and oxygen atoms in total. The monoisotopic (exact) mass is 293 g/mol. The summed E-state index contributed by atoms with van der Waals surface area (Å²) in [6.07, 6.45) is 0. The normalized spacial score (nSPS) is 17.5. The second-order valence-electron chi connectivity index (χ2n) is 6.55. The van der Waals surface area contributed by atoms with Gasteiger partial charge in [-0.3, -0.25) is 0 Å². The molecule has 1 aliphatic heterocycles. The summed E-state index contributed by atoms with van der Waals surface area (Å²) in [4.78, 5) is 4.65. The summed E-state index contributed by atoms with van der Waals surface area (Å²) >= 11 is 1.70. The topological polar surface area (TPSA) is 32.7 Å². The van der Waals surface area contributed by atoms with Crippen molar-refractivity contribution in [2.24, 2.45) is 5.41 Å². The molecule has 0 saturated carbocycles. The molecule has 4 heteroatoms. The first-order valence-corrected chi connectivity index (χ1v) is 7.68. The van der Waals surface area contributed by atoms with Gasteiger partial charge in [0.05, 0.1) is 18.1 Å². The number of hydrogen-bond acceptors (Lipinski definition) is 4. The molecule has 0 atom stereocenters. The minimum Gasteiger partial charge on any atom is -0.380 e. The summed E-state index contributed by atoms with van der Waals surface area (Å²) < 4.78 is 5.29. The van der Waals surface area contributed by atoms with Gasteiger partial charge in [-0.15, -0.1) is 11.3 Å². The lowest BCUT2D eigenvalue weighted by Gasteiger charge is -2.40. The third-order valence-electron chi connectivity index (χ3n) is 3.13. The molecule has 0 unspecified atom stereocenters. The largest absolute Gasteiger partial charge is 0.380 e. The highest BCUT2D eigenvalue weighted by atomic mass is 32.1. The Morgan fingerprint density at radius 3 is 2.70 bits per heavy atom. The number of thiophene rings is 1. The van der Waals surface area contributed by atoms with Gasteiger partial charge in [-0.2, -0.15) is 0 Å². The van der Waals surface area contributed by atoms with Crippen molar-refractivity contribution in [1.29, 1.82) is 0 Å². The van der Waals surface area contributed by atoms with E-state index in [2.05, 4.69) is 36.8 Å². The number of aliphatic hydroxyl groups is 1. The average molecular weight is 293 g/mol. The van der Waals surface area contributed by atoms with Crippen molar-refractivity contribution in [2.75, 3.05) is 26.8 Å². The van der Waals surface area contributed by atoms with Gasteiger partial charge < -0.3 is 14.7 Å². The van der Waals surface area contributed by atoms with Crippen LogP contribution in [-0.4, -0.2) is 42.4 Å². The smallest absolute Gasteiger partial charge is 0.120 e. The van der Waals surface area contributed by atoms with Crippen molar-refractivity contribution < 1.29 is 9.84 Å². The maximum atomic E-state index is 9.60. The quantitative estimate of drug-likeness (QED) is 0.865. The van der Waals surface area contributed by atoms with E-state index in [4.69, 9.17) is 4.74 Å². The molecular formula is C16H23NO2S. The van der Waals surface area contributed by atoms with Crippen molar-refractivity contribution >= 4 is 11.3 Å². The van der Waals surface area contributed by atoms with E-state index < -0.39 is 5.60 Å². The lowest BCUT2D eigenvalue weighted by molar-refractivity contribution is -0.113. The molecule has 0 amide bonds. The van der Waals surface area contributed by atoms with Gasteiger partial charge in [0.15, 0.2) is 0 Å². The molecule has 1 aromatic rings. The van der Waals surface area contributed by atoms with Crippen LogP contribution in [-0.2, 0) is 11.3 Å². The molecule has 20 heavy (non-hydrogen) atoms. The molecule has 2 heterocycles.